The van der Waals surface area contributed by atoms with Gasteiger partial charge in [-0.2, -0.15) is 4.31 Å². The van der Waals surface area contributed by atoms with E-state index >= 15 is 0 Å². The van der Waals surface area contributed by atoms with Crippen molar-refractivity contribution in [3.8, 4) is 0 Å². The van der Waals surface area contributed by atoms with Gasteiger partial charge >= 0.3 is 0 Å². The molecule has 0 unspecified atom stereocenters. The van der Waals surface area contributed by atoms with Crippen LogP contribution in [-0.2, 0) is 16.6 Å². The summed E-state index contributed by atoms with van der Waals surface area (Å²) in [4.78, 5) is 0.325. The van der Waals surface area contributed by atoms with Gasteiger partial charge in [0.2, 0.25) is 10.0 Å². The molecule has 0 N–H and O–H groups in total. The van der Waals surface area contributed by atoms with Crippen molar-refractivity contribution in [1.82, 2.24) is 4.31 Å². The molecule has 1 aliphatic heterocycles. The zero-order valence-electron chi connectivity index (χ0n) is 16.6. The first kappa shape index (κ1) is 19.4. The fourth-order valence-corrected chi connectivity index (χ4v) is 4.97. The number of hydrogen-bond donors (Lipinski definition) is 0. The highest BCUT2D eigenvalue weighted by Crippen LogP contribution is 2.31. The van der Waals surface area contributed by atoms with E-state index in [1.807, 2.05) is 80.6 Å². The lowest BCUT2D eigenvalue weighted by Crippen LogP contribution is -2.35. The Kier molecular flexibility index (Phi) is 5.25. The highest BCUT2D eigenvalue weighted by molar-refractivity contribution is 7.89. The summed E-state index contributed by atoms with van der Waals surface area (Å²) < 4.78 is 28.1. The minimum Gasteiger partial charge on any atom is -0.207 e. The van der Waals surface area contributed by atoms with Gasteiger partial charge in [0.15, 0.2) is 0 Å². The number of nitrogens with zero attached hydrogens (tertiary/aromatic N) is 1. The Bertz CT molecular complexity index is 1200. The highest BCUT2D eigenvalue weighted by atomic mass is 32.2. The van der Waals surface area contributed by atoms with Gasteiger partial charge in [0, 0.05) is 18.7 Å². The van der Waals surface area contributed by atoms with Crippen molar-refractivity contribution >= 4 is 21.2 Å². The first-order chi connectivity index (χ1) is 13.9. The van der Waals surface area contributed by atoms with Crippen molar-refractivity contribution in [3.05, 3.63) is 107 Å². The molecular weight excluding hydrogens is 378 g/mol. The van der Waals surface area contributed by atoms with Gasteiger partial charge in [-0.05, 0) is 48.2 Å². The molecule has 1 aliphatic rings. The van der Waals surface area contributed by atoms with Gasteiger partial charge in [0.05, 0.1) is 4.90 Å². The molecule has 0 radical (unpaired) electrons. The lowest BCUT2D eigenvalue weighted by Gasteiger charge is -2.29. The predicted molar refractivity (Wildman–Crippen MR) is 118 cm³/mol. The maximum absolute atomic E-state index is 13.3. The van der Waals surface area contributed by atoms with Crippen molar-refractivity contribution in [2.24, 2.45) is 0 Å². The van der Waals surface area contributed by atoms with Gasteiger partial charge in [-0.1, -0.05) is 72.3 Å². The van der Waals surface area contributed by atoms with E-state index < -0.39 is 10.0 Å². The second kappa shape index (κ2) is 7.84. The summed E-state index contributed by atoms with van der Waals surface area (Å²) in [6, 6.07) is 25.1. The smallest absolute Gasteiger partial charge is 0.207 e. The Balaban J connectivity index is 1.81. The molecule has 0 atom stereocenters. The van der Waals surface area contributed by atoms with Gasteiger partial charge in [-0.3, -0.25) is 0 Å². The number of hydrogen-bond acceptors (Lipinski definition) is 2. The van der Waals surface area contributed by atoms with Crippen molar-refractivity contribution in [3.63, 3.8) is 0 Å². The van der Waals surface area contributed by atoms with Gasteiger partial charge in [0.1, 0.15) is 0 Å². The summed E-state index contributed by atoms with van der Waals surface area (Å²) in [5, 5.41) is 0. The van der Waals surface area contributed by atoms with Gasteiger partial charge < -0.3 is 0 Å². The lowest BCUT2D eigenvalue weighted by molar-refractivity contribution is 0.434. The van der Waals surface area contributed by atoms with Crippen LogP contribution in [0.4, 0.5) is 0 Å². The lowest BCUT2D eigenvalue weighted by atomic mass is 9.95. The molecule has 3 aromatic carbocycles. The quantitative estimate of drug-likeness (QED) is 0.560. The van der Waals surface area contributed by atoms with E-state index in [-0.39, 0.29) is 0 Å². The molecule has 29 heavy (non-hydrogen) atoms. The van der Waals surface area contributed by atoms with Crippen molar-refractivity contribution < 1.29 is 8.42 Å². The maximum atomic E-state index is 13.3. The molecule has 0 amide bonds. The van der Waals surface area contributed by atoms with E-state index in [1.54, 1.807) is 16.4 Å². The fourth-order valence-electron chi connectivity index (χ4n) is 3.58. The second-order valence-electron chi connectivity index (χ2n) is 7.34. The number of sulfonamides is 1. The largest absolute Gasteiger partial charge is 0.243 e. The standard InChI is InChI=1S/C25H23NO2S/c1-19-12-14-24(15-13-19)29(27,28)26-17-22-10-6-7-11-25(22)23(18-26)16-20(2)21-8-4-3-5-9-21/h3-15H,17-18H2,1-2H3. The van der Waals surface area contributed by atoms with Gasteiger partial charge in [-0.25, -0.2) is 8.42 Å². The fraction of sp³-hybridized carbons (Fsp3) is 0.160. The van der Waals surface area contributed by atoms with E-state index in [2.05, 4.69) is 5.73 Å². The Hall–Kier alpha value is -2.91. The minimum atomic E-state index is -3.59. The molecule has 1 heterocycles. The van der Waals surface area contributed by atoms with Crippen LogP contribution >= 0.6 is 0 Å². The first-order valence-electron chi connectivity index (χ1n) is 9.62. The number of benzene rings is 3. The normalized spacial score (nSPS) is 14.2. The Morgan fingerprint density at radius 2 is 1.52 bits per heavy atom. The molecule has 0 saturated carbocycles. The van der Waals surface area contributed by atoms with Crippen LogP contribution in [0.3, 0.4) is 0 Å². The second-order valence-corrected chi connectivity index (χ2v) is 9.28. The average molecular weight is 402 g/mol. The minimum absolute atomic E-state index is 0.303. The molecule has 146 valence electrons. The monoisotopic (exact) mass is 401 g/mol. The Labute approximate surface area is 172 Å². The molecule has 4 heteroatoms. The van der Waals surface area contributed by atoms with Crippen LogP contribution in [0, 0.1) is 6.92 Å². The Morgan fingerprint density at radius 1 is 0.862 bits per heavy atom. The summed E-state index contributed by atoms with van der Waals surface area (Å²) in [6.07, 6.45) is 0. The molecule has 0 spiro atoms. The zero-order valence-corrected chi connectivity index (χ0v) is 17.4. The molecule has 0 fully saturated rings. The van der Waals surface area contributed by atoms with Crippen LogP contribution in [0.2, 0.25) is 0 Å². The van der Waals surface area contributed by atoms with Crippen LogP contribution in [-0.4, -0.2) is 19.3 Å². The summed E-state index contributed by atoms with van der Waals surface area (Å²) in [6.45, 7) is 4.63. The van der Waals surface area contributed by atoms with E-state index in [0.717, 1.165) is 33.4 Å². The number of aryl methyl sites for hydroxylation is 1. The summed E-state index contributed by atoms with van der Waals surface area (Å²) in [7, 11) is -3.59. The first-order valence-corrected chi connectivity index (χ1v) is 11.1. The van der Waals surface area contributed by atoms with Gasteiger partial charge in [-0.15, -0.1) is 5.73 Å². The average Bonchev–Trinajstić information content (AvgIpc) is 2.74. The molecule has 0 aliphatic carbocycles. The molecular formula is C25H23NO2S. The van der Waals surface area contributed by atoms with E-state index in [4.69, 9.17) is 0 Å². The number of fused-ring (bicyclic) bond motifs is 1. The summed E-state index contributed by atoms with van der Waals surface area (Å²) in [5.74, 6) is 0. The highest BCUT2D eigenvalue weighted by Gasteiger charge is 2.30. The number of rotatable bonds is 3. The van der Waals surface area contributed by atoms with E-state index in [1.165, 1.54) is 0 Å². The third kappa shape index (κ3) is 3.96. The van der Waals surface area contributed by atoms with Gasteiger partial charge in [0.25, 0.3) is 0 Å². The third-order valence-corrected chi connectivity index (χ3v) is 7.03. The Morgan fingerprint density at radius 3 is 2.24 bits per heavy atom. The third-order valence-electron chi connectivity index (χ3n) is 5.23. The summed E-state index contributed by atoms with van der Waals surface area (Å²) in [5.41, 5.74) is 9.55. The van der Waals surface area contributed by atoms with Crippen molar-refractivity contribution in [2.45, 2.75) is 25.3 Å². The van der Waals surface area contributed by atoms with E-state index in [9.17, 15) is 8.42 Å². The van der Waals surface area contributed by atoms with Crippen LogP contribution < -0.4 is 0 Å². The molecule has 0 bridgehead atoms. The molecule has 0 aromatic heterocycles. The molecule has 3 nitrogen and oxygen atoms in total. The SMILES string of the molecule is CC(=C=C1CN(S(=O)(=O)c2ccc(C)cc2)Cc2ccccc21)c1ccccc1. The van der Waals surface area contributed by atoms with Crippen LogP contribution in [0.25, 0.3) is 11.1 Å². The summed E-state index contributed by atoms with van der Waals surface area (Å²) >= 11 is 0. The molecule has 4 rings (SSSR count). The van der Waals surface area contributed by atoms with Crippen molar-refractivity contribution in [1.29, 1.82) is 0 Å². The molecule has 0 saturated heterocycles. The van der Waals surface area contributed by atoms with Crippen LogP contribution in [0.5, 0.6) is 0 Å². The zero-order chi connectivity index (χ0) is 20.4. The topological polar surface area (TPSA) is 37.4 Å². The van der Waals surface area contributed by atoms with Crippen LogP contribution in [0.1, 0.15) is 29.2 Å². The molecule has 3 aromatic rings. The predicted octanol–water partition coefficient (Wildman–Crippen LogP) is 5.29. The van der Waals surface area contributed by atoms with E-state index in [0.29, 0.717) is 18.0 Å². The van der Waals surface area contributed by atoms with Crippen molar-refractivity contribution in [2.75, 3.05) is 6.54 Å². The van der Waals surface area contributed by atoms with Crippen LogP contribution in [0.15, 0.2) is 89.5 Å². The maximum Gasteiger partial charge on any atom is 0.243 e.